The van der Waals surface area contributed by atoms with Crippen molar-refractivity contribution in [1.82, 2.24) is 5.32 Å². The molecule has 0 saturated carbocycles. The van der Waals surface area contributed by atoms with Gasteiger partial charge in [0.05, 0.1) is 14.2 Å². The number of amides is 1. The van der Waals surface area contributed by atoms with Crippen LogP contribution in [-0.2, 0) is 19.1 Å². The van der Waals surface area contributed by atoms with Crippen LogP contribution in [0.15, 0.2) is 60.7 Å². The van der Waals surface area contributed by atoms with E-state index >= 15 is 0 Å². The quantitative estimate of drug-likeness (QED) is 0.448. The average molecular weight is 420 g/mol. The Kier molecular flexibility index (Phi) is 6.87. The van der Waals surface area contributed by atoms with Crippen LogP contribution in [0.5, 0.6) is 0 Å². The second-order valence-electron chi connectivity index (χ2n) is 7.00. The Morgan fingerprint density at radius 2 is 1.68 bits per heavy atom. The van der Waals surface area contributed by atoms with Gasteiger partial charge in [0.2, 0.25) is 0 Å². The Hall–Kier alpha value is -3.87. The lowest BCUT2D eigenvalue weighted by atomic mass is 9.93. The average Bonchev–Trinajstić information content (AvgIpc) is 2.80. The number of esters is 2. The van der Waals surface area contributed by atoms with Gasteiger partial charge in [-0.25, -0.2) is 4.79 Å². The summed E-state index contributed by atoms with van der Waals surface area (Å²) >= 11 is 0. The largest absolute Gasteiger partial charge is 0.469 e. The van der Waals surface area contributed by atoms with E-state index in [9.17, 15) is 14.4 Å². The number of nitrogen functional groups attached to an aromatic ring is 1. The minimum absolute atomic E-state index is 0.0333. The Morgan fingerprint density at radius 1 is 0.935 bits per heavy atom. The normalized spacial score (nSPS) is 11.5. The zero-order valence-electron chi connectivity index (χ0n) is 17.4. The number of rotatable bonds is 7. The Bertz CT molecular complexity index is 1120. The van der Waals surface area contributed by atoms with Gasteiger partial charge in [0.25, 0.3) is 5.91 Å². The molecule has 0 aliphatic heterocycles. The van der Waals surface area contributed by atoms with Crippen LogP contribution in [0.3, 0.4) is 0 Å². The van der Waals surface area contributed by atoms with Crippen molar-refractivity contribution in [2.45, 2.75) is 18.9 Å². The summed E-state index contributed by atoms with van der Waals surface area (Å²) < 4.78 is 9.40. The van der Waals surface area contributed by atoms with Gasteiger partial charge in [-0.3, -0.25) is 9.59 Å². The fourth-order valence-electron chi connectivity index (χ4n) is 3.43. The van der Waals surface area contributed by atoms with Gasteiger partial charge in [0.15, 0.2) is 0 Å². The zero-order chi connectivity index (χ0) is 22.4. The SMILES string of the molecule is COC(=O)CC[C@@H](NC(=O)c1ccc(N)cc1-c1cccc2ccccc12)C(=O)OC. The van der Waals surface area contributed by atoms with Crippen molar-refractivity contribution in [3.63, 3.8) is 0 Å². The van der Waals surface area contributed by atoms with Crippen molar-refractivity contribution in [2.24, 2.45) is 0 Å². The first-order valence-electron chi connectivity index (χ1n) is 9.77. The predicted molar refractivity (Wildman–Crippen MR) is 118 cm³/mol. The number of carbonyl (C=O) groups is 3. The highest BCUT2D eigenvalue weighted by molar-refractivity contribution is 6.07. The van der Waals surface area contributed by atoms with Gasteiger partial charge in [0.1, 0.15) is 6.04 Å². The third kappa shape index (κ3) is 5.01. The Morgan fingerprint density at radius 3 is 2.42 bits per heavy atom. The minimum Gasteiger partial charge on any atom is -0.469 e. The van der Waals surface area contributed by atoms with Crippen LogP contribution < -0.4 is 11.1 Å². The van der Waals surface area contributed by atoms with Crippen molar-refractivity contribution in [3.05, 3.63) is 66.2 Å². The first-order chi connectivity index (χ1) is 14.9. The van der Waals surface area contributed by atoms with Crippen molar-refractivity contribution < 1.29 is 23.9 Å². The van der Waals surface area contributed by atoms with E-state index in [2.05, 4.69) is 10.1 Å². The molecule has 0 spiro atoms. The molecular formula is C24H24N2O5. The number of hydrogen-bond acceptors (Lipinski definition) is 6. The smallest absolute Gasteiger partial charge is 0.328 e. The fourth-order valence-corrected chi connectivity index (χ4v) is 3.43. The lowest BCUT2D eigenvalue weighted by Crippen LogP contribution is -2.42. The van der Waals surface area contributed by atoms with Gasteiger partial charge in [-0.05, 0) is 46.5 Å². The molecule has 31 heavy (non-hydrogen) atoms. The fraction of sp³-hybridized carbons (Fsp3) is 0.208. The van der Waals surface area contributed by atoms with E-state index in [4.69, 9.17) is 10.5 Å². The van der Waals surface area contributed by atoms with E-state index < -0.39 is 23.9 Å². The molecule has 7 nitrogen and oxygen atoms in total. The summed E-state index contributed by atoms with van der Waals surface area (Å²) in [5.41, 5.74) is 8.38. The van der Waals surface area contributed by atoms with Gasteiger partial charge in [0, 0.05) is 17.7 Å². The summed E-state index contributed by atoms with van der Waals surface area (Å²) in [7, 11) is 2.49. The van der Waals surface area contributed by atoms with Crippen LogP contribution in [0.4, 0.5) is 5.69 Å². The number of carbonyl (C=O) groups excluding carboxylic acids is 3. The van der Waals surface area contributed by atoms with E-state index in [1.807, 2.05) is 42.5 Å². The van der Waals surface area contributed by atoms with Gasteiger partial charge >= 0.3 is 11.9 Å². The van der Waals surface area contributed by atoms with E-state index in [-0.39, 0.29) is 12.8 Å². The Labute approximate surface area is 180 Å². The standard InChI is InChI=1S/C24H24N2O5/c1-30-22(27)13-12-21(24(29)31-2)26-23(28)19-11-10-16(25)14-20(19)18-9-5-7-15-6-3-4-8-17(15)18/h3-11,14,21H,12-13,25H2,1-2H3,(H,26,28)/t21-/m1/s1. The molecule has 0 radical (unpaired) electrons. The minimum atomic E-state index is -0.991. The van der Waals surface area contributed by atoms with Crippen LogP contribution in [0.25, 0.3) is 21.9 Å². The topological polar surface area (TPSA) is 108 Å². The van der Waals surface area contributed by atoms with Crippen molar-refractivity contribution in [2.75, 3.05) is 20.0 Å². The highest BCUT2D eigenvalue weighted by atomic mass is 16.5. The summed E-state index contributed by atoms with van der Waals surface area (Å²) in [4.78, 5) is 36.8. The molecule has 3 aromatic carbocycles. The molecule has 160 valence electrons. The van der Waals surface area contributed by atoms with Gasteiger partial charge in [-0.1, -0.05) is 42.5 Å². The maximum absolute atomic E-state index is 13.2. The summed E-state index contributed by atoms with van der Waals surface area (Å²) in [6.45, 7) is 0. The highest BCUT2D eigenvalue weighted by Gasteiger charge is 2.25. The van der Waals surface area contributed by atoms with Crippen LogP contribution >= 0.6 is 0 Å². The van der Waals surface area contributed by atoms with Crippen LogP contribution in [0, 0.1) is 0 Å². The molecule has 3 aromatic rings. The molecule has 1 amide bonds. The summed E-state index contributed by atoms with van der Waals surface area (Å²) in [5, 5.41) is 4.68. The summed E-state index contributed by atoms with van der Waals surface area (Å²) in [6, 6.07) is 17.7. The van der Waals surface area contributed by atoms with Crippen LogP contribution in [-0.4, -0.2) is 38.1 Å². The first kappa shape index (κ1) is 21.8. The monoisotopic (exact) mass is 420 g/mol. The van der Waals surface area contributed by atoms with Crippen molar-refractivity contribution in [3.8, 4) is 11.1 Å². The third-order valence-electron chi connectivity index (χ3n) is 5.02. The van der Waals surface area contributed by atoms with E-state index in [0.717, 1.165) is 16.3 Å². The Balaban J connectivity index is 1.98. The van der Waals surface area contributed by atoms with Gasteiger partial charge in [-0.15, -0.1) is 0 Å². The van der Waals surface area contributed by atoms with Crippen molar-refractivity contribution in [1.29, 1.82) is 0 Å². The number of fused-ring (bicyclic) bond motifs is 1. The highest BCUT2D eigenvalue weighted by Crippen LogP contribution is 2.32. The molecule has 1 atom stereocenters. The summed E-state index contributed by atoms with van der Waals surface area (Å²) in [5.74, 6) is -1.59. The first-order valence-corrected chi connectivity index (χ1v) is 9.77. The zero-order valence-corrected chi connectivity index (χ0v) is 17.4. The molecule has 3 rings (SSSR count). The van der Waals surface area contributed by atoms with E-state index in [1.165, 1.54) is 14.2 Å². The number of nitrogens with two attached hydrogens (primary N) is 1. The summed E-state index contributed by atoms with van der Waals surface area (Å²) in [6.07, 6.45) is 0.0259. The lowest BCUT2D eigenvalue weighted by Gasteiger charge is -2.18. The molecule has 0 fully saturated rings. The van der Waals surface area contributed by atoms with Crippen LogP contribution in [0.1, 0.15) is 23.2 Å². The number of ether oxygens (including phenoxy) is 2. The molecule has 3 N–H and O–H groups in total. The molecule has 0 aliphatic rings. The number of benzene rings is 3. The number of nitrogens with one attached hydrogen (secondary N) is 1. The number of anilines is 1. The van der Waals surface area contributed by atoms with E-state index in [0.29, 0.717) is 16.8 Å². The molecule has 0 heterocycles. The van der Waals surface area contributed by atoms with Gasteiger partial charge < -0.3 is 20.5 Å². The number of methoxy groups -OCH3 is 2. The second-order valence-corrected chi connectivity index (χ2v) is 7.00. The molecule has 0 aliphatic carbocycles. The third-order valence-corrected chi connectivity index (χ3v) is 5.02. The molecule has 0 bridgehead atoms. The maximum Gasteiger partial charge on any atom is 0.328 e. The number of hydrogen-bond donors (Lipinski definition) is 2. The maximum atomic E-state index is 13.2. The van der Waals surface area contributed by atoms with E-state index in [1.54, 1.807) is 18.2 Å². The molecule has 0 unspecified atom stereocenters. The van der Waals surface area contributed by atoms with Crippen LogP contribution in [0.2, 0.25) is 0 Å². The molecule has 0 saturated heterocycles. The molecular weight excluding hydrogens is 396 g/mol. The van der Waals surface area contributed by atoms with Crippen molar-refractivity contribution >= 4 is 34.3 Å². The molecule has 7 heteroatoms. The lowest BCUT2D eigenvalue weighted by molar-refractivity contribution is -0.144. The predicted octanol–water partition coefficient (Wildman–Crippen LogP) is 3.31. The second kappa shape index (κ2) is 9.75. The molecule has 0 aromatic heterocycles. The van der Waals surface area contributed by atoms with Gasteiger partial charge in [-0.2, -0.15) is 0 Å².